The molecule has 1 aliphatic rings. The van der Waals surface area contributed by atoms with Crippen LogP contribution in [0.3, 0.4) is 0 Å². The Bertz CT molecular complexity index is 307. The first-order chi connectivity index (χ1) is 8.54. The standard InChI is InChI=1S/C12H21NO5/c1-2-3-4-5-6-13-8(7-14)9(15)10(16)11(17)12(13)18/h2-5,8-12,14-18H,6-7H2,1H3/b3-2+,5-4+/t8-,9-,10+,11-,12?/m1/s1. The van der Waals surface area contributed by atoms with Crippen molar-refractivity contribution < 1.29 is 25.5 Å². The number of piperidine rings is 1. The Labute approximate surface area is 106 Å². The lowest BCUT2D eigenvalue weighted by molar-refractivity contribution is -0.219. The number of allylic oxidation sites excluding steroid dienone is 3. The maximum absolute atomic E-state index is 9.83. The first-order valence-corrected chi connectivity index (χ1v) is 5.91. The summed E-state index contributed by atoms with van der Waals surface area (Å²) in [7, 11) is 0. The number of nitrogens with zero attached hydrogens (tertiary/aromatic N) is 1. The van der Waals surface area contributed by atoms with Gasteiger partial charge in [0.1, 0.15) is 24.5 Å². The van der Waals surface area contributed by atoms with E-state index in [0.717, 1.165) is 0 Å². The Hall–Kier alpha value is -0.760. The van der Waals surface area contributed by atoms with Crippen LogP contribution in [0.4, 0.5) is 0 Å². The van der Waals surface area contributed by atoms with Gasteiger partial charge in [-0.05, 0) is 6.92 Å². The highest BCUT2D eigenvalue weighted by molar-refractivity contribution is 5.04. The predicted octanol–water partition coefficient (Wildman–Crippen LogP) is -1.80. The fraction of sp³-hybridized carbons (Fsp3) is 0.667. The minimum absolute atomic E-state index is 0.248. The highest BCUT2D eigenvalue weighted by Crippen LogP contribution is 2.22. The van der Waals surface area contributed by atoms with E-state index in [1.165, 1.54) is 4.90 Å². The van der Waals surface area contributed by atoms with Gasteiger partial charge >= 0.3 is 0 Å². The molecule has 0 aliphatic carbocycles. The smallest absolute Gasteiger partial charge is 0.136 e. The van der Waals surface area contributed by atoms with Crippen molar-refractivity contribution in [2.24, 2.45) is 0 Å². The molecule has 0 spiro atoms. The summed E-state index contributed by atoms with van der Waals surface area (Å²) >= 11 is 0. The van der Waals surface area contributed by atoms with Gasteiger partial charge in [0.05, 0.1) is 12.6 Å². The van der Waals surface area contributed by atoms with Gasteiger partial charge in [-0.1, -0.05) is 24.3 Å². The zero-order valence-corrected chi connectivity index (χ0v) is 10.3. The second kappa shape index (κ2) is 6.98. The summed E-state index contributed by atoms with van der Waals surface area (Å²) in [6.45, 7) is 1.69. The summed E-state index contributed by atoms with van der Waals surface area (Å²) in [5.41, 5.74) is 0. The minimum Gasteiger partial charge on any atom is -0.395 e. The molecule has 0 aromatic heterocycles. The molecule has 1 heterocycles. The molecule has 0 bridgehead atoms. The summed E-state index contributed by atoms with van der Waals surface area (Å²) in [6.07, 6.45) is 1.56. The monoisotopic (exact) mass is 259 g/mol. The second-order valence-corrected chi connectivity index (χ2v) is 4.29. The normalized spacial score (nSPS) is 38.9. The SMILES string of the molecule is C/C=C/C=C/CN1C(O)[C@H](O)[C@@H](O)[C@H](O)[C@H]1CO. The Morgan fingerprint density at radius 1 is 1.00 bits per heavy atom. The molecule has 6 nitrogen and oxygen atoms in total. The first kappa shape index (κ1) is 15.3. The molecule has 0 saturated carbocycles. The quantitative estimate of drug-likeness (QED) is 0.381. The van der Waals surface area contributed by atoms with E-state index in [1.54, 1.807) is 18.2 Å². The third-order valence-electron chi connectivity index (χ3n) is 3.11. The predicted molar refractivity (Wildman–Crippen MR) is 65.6 cm³/mol. The lowest BCUT2D eigenvalue weighted by Gasteiger charge is -2.46. The van der Waals surface area contributed by atoms with Crippen LogP contribution >= 0.6 is 0 Å². The Kier molecular flexibility index (Phi) is 5.94. The number of likely N-dealkylation sites (tertiary alicyclic amines) is 1. The van der Waals surface area contributed by atoms with Crippen molar-refractivity contribution in [2.45, 2.75) is 37.5 Å². The van der Waals surface area contributed by atoms with Gasteiger partial charge in [0.2, 0.25) is 0 Å². The molecule has 5 atom stereocenters. The first-order valence-electron chi connectivity index (χ1n) is 5.91. The topological polar surface area (TPSA) is 104 Å². The van der Waals surface area contributed by atoms with Crippen LogP contribution in [0.1, 0.15) is 6.92 Å². The van der Waals surface area contributed by atoms with Crippen molar-refractivity contribution in [2.75, 3.05) is 13.2 Å². The van der Waals surface area contributed by atoms with Gasteiger partial charge in [-0.2, -0.15) is 0 Å². The average molecular weight is 259 g/mol. The van der Waals surface area contributed by atoms with Gasteiger partial charge in [-0.15, -0.1) is 0 Å². The lowest BCUT2D eigenvalue weighted by atomic mass is 9.93. The highest BCUT2D eigenvalue weighted by Gasteiger charge is 2.46. The van der Waals surface area contributed by atoms with Crippen LogP contribution in [0.15, 0.2) is 24.3 Å². The van der Waals surface area contributed by atoms with Crippen LogP contribution in [0.5, 0.6) is 0 Å². The van der Waals surface area contributed by atoms with E-state index in [0.29, 0.717) is 0 Å². The van der Waals surface area contributed by atoms with Gasteiger partial charge in [-0.3, -0.25) is 4.90 Å². The van der Waals surface area contributed by atoms with Crippen LogP contribution in [0, 0.1) is 0 Å². The van der Waals surface area contributed by atoms with Crippen molar-refractivity contribution in [1.82, 2.24) is 4.90 Å². The van der Waals surface area contributed by atoms with Crippen LogP contribution in [-0.4, -0.2) is 74.2 Å². The molecule has 6 heteroatoms. The van der Waals surface area contributed by atoms with Gasteiger partial charge in [0.15, 0.2) is 0 Å². The Balaban J connectivity index is 2.77. The molecule has 1 saturated heterocycles. The number of rotatable bonds is 4. The van der Waals surface area contributed by atoms with E-state index in [-0.39, 0.29) is 6.54 Å². The fourth-order valence-electron chi connectivity index (χ4n) is 2.02. The summed E-state index contributed by atoms with van der Waals surface area (Å²) in [5, 5.41) is 47.9. The Morgan fingerprint density at radius 3 is 2.22 bits per heavy atom. The van der Waals surface area contributed by atoms with E-state index in [2.05, 4.69) is 0 Å². The van der Waals surface area contributed by atoms with Crippen molar-refractivity contribution in [3.8, 4) is 0 Å². The van der Waals surface area contributed by atoms with Gasteiger partial charge in [-0.25, -0.2) is 0 Å². The molecule has 0 amide bonds. The maximum atomic E-state index is 9.83. The lowest BCUT2D eigenvalue weighted by Crippen LogP contribution is -2.67. The van der Waals surface area contributed by atoms with Crippen molar-refractivity contribution >= 4 is 0 Å². The molecule has 1 unspecified atom stereocenters. The van der Waals surface area contributed by atoms with E-state index >= 15 is 0 Å². The highest BCUT2D eigenvalue weighted by atomic mass is 16.4. The number of hydrogen-bond donors (Lipinski definition) is 5. The van der Waals surface area contributed by atoms with Crippen LogP contribution in [-0.2, 0) is 0 Å². The van der Waals surface area contributed by atoms with Crippen molar-refractivity contribution in [1.29, 1.82) is 0 Å². The number of hydrogen-bond acceptors (Lipinski definition) is 6. The molecule has 1 rings (SSSR count). The molecule has 18 heavy (non-hydrogen) atoms. The fourth-order valence-corrected chi connectivity index (χ4v) is 2.02. The largest absolute Gasteiger partial charge is 0.395 e. The van der Waals surface area contributed by atoms with E-state index in [1.807, 2.05) is 13.0 Å². The third-order valence-corrected chi connectivity index (χ3v) is 3.11. The van der Waals surface area contributed by atoms with Crippen LogP contribution in [0.25, 0.3) is 0 Å². The summed E-state index contributed by atoms with van der Waals surface area (Å²) in [4.78, 5) is 1.35. The summed E-state index contributed by atoms with van der Waals surface area (Å²) in [5.74, 6) is 0. The molecule has 1 aliphatic heterocycles. The van der Waals surface area contributed by atoms with E-state index in [4.69, 9.17) is 0 Å². The summed E-state index contributed by atoms with van der Waals surface area (Å²) < 4.78 is 0. The summed E-state index contributed by atoms with van der Waals surface area (Å²) in [6, 6.07) is -0.811. The molecule has 1 fully saturated rings. The van der Waals surface area contributed by atoms with Crippen LogP contribution < -0.4 is 0 Å². The molecule has 0 radical (unpaired) electrons. The molecular weight excluding hydrogens is 238 g/mol. The van der Waals surface area contributed by atoms with Crippen molar-refractivity contribution in [3.05, 3.63) is 24.3 Å². The maximum Gasteiger partial charge on any atom is 0.136 e. The molecule has 104 valence electrons. The van der Waals surface area contributed by atoms with Gasteiger partial charge < -0.3 is 25.5 Å². The van der Waals surface area contributed by atoms with E-state index < -0.39 is 37.2 Å². The third kappa shape index (κ3) is 3.17. The van der Waals surface area contributed by atoms with E-state index in [9.17, 15) is 25.5 Å². The number of aliphatic hydroxyl groups is 5. The molecular formula is C12H21NO5. The van der Waals surface area contributed by atoms with Crippen molar-refractivity contribution in [3.63, 3.8) is 0 Å². The Morgan fingerprint density at radius 2 is 1.67 bits per heavy atom. The molecule has 0 aromatic carbocycles. The van der Waals surface area contributed by atoms with Crippen LogP contribution in [0.2, 0.25) is 0 Å². The number of aliphatic hydroxyl groups excluding tert-OH is 5. The zero-order valence-electron chi connectivity index (χ0n) is 10.3. The minimum atomic E-state index is -1.46. The van der Waals surface area contributed by atoms with Gasteiger partial charge in [0.25, 0.3) is 0 Å². The average Bonchev–Trinajstić information content (AvgIpc) is 2.38. The second-order valence-electron chi connectivity index (χ2n) is 4.29. The van der Waals surface area contributed by atoms with Gasteiger partial charge in [0, 0.05) is 6.54 Å². The molecule has 5 N–H and O–H groups in total. The zero-order chi connectivity index (χ0) is 13.7. The molecule has 0 aromatic rings.